The van der Waals surface area contributed by atoms with Gasteiger partial charge in [0.25, 0.3) is 5.91 Å². The molecule has 2 rings (SSSR count). The Bertz CT molecular complexity index is 786. The molecule has 4 amide bonds. The van der Waals surface area contributed by atoms with E-state index in [0.717, 1.165) is 19.3 Å². The summed E-state index contributed by atoms with van der Waals surface area (Å²) in [6, 6.07) is 4.46. The minimum atomic E-state index is -0.620. The second-order valence-electron chi connectivity index (χ2n) is 8.28. The van der Waals surface area contributed by atoms with Crippen molar-refractivity contribution in [3.8, 4) is 5.75 Å². The van der Waals surface area contributed by atoms with Gasteiger partial charge in [-0.25, -0.2) is 10.3 Å². The Morgan fingerprint density at radius 3 is 2.66 bits per heavy atom. The zero-order chi connectivity index (χ0) is 23.5. The van der Waals surface area contributed by atoms with Crippen LogP contribution in [-0.2, 0) is 9.59 Å². The van der Waals surface area contributed by atoms with Crippen molar-refractivity contribution < 1.29 is 24.3 Å². The highest BCUT2D eigenvalue weighted by molar-refractivity contribution is 6.31. The highest BCUT2D eigenvalue weighted by atomic mass is 35.5. The van der Waals surface area contributed by atoms with Crippen LogP contribution in [0.25, 0.3) is 0 Å². The molecule has 0 radical (unpaired) electrons. The van der Waals surface area contributed by atoms with Crippen molar-refractivity contribution in [3.05, 3.63) is 23.2 Å². The third-order valence-electron chi connectivity index (χ3n) is 5.64. The molecule has 32 heavy (non-hydrogen) atoms. The molecule has 0 aliphatic heterocycles. The SMILES string of the molecule is COc1ccc(Cl)cc1NC(=O)NCC(C)CC(=O)N(CCC1CCCC1)CC(=O)NO. The van der Waals surface area contributed by atoms with Crippen molar-refractivity contribution in [2.45, 2.75) is 45.4 Å². The second kappa shape index (κ2) is 13.1. The Kier molecular flexibility index (Phi) is 10.6. The maximum Gasteiger partial charge on any atom is 0.319 e. The first-order valence-electron chi connectivity index (χ1n) is 10.9. The minimum absolute atomic E-state index is 0.152. The van der Waals surface area contributed by atoms with Gasteiger partial charge in [-0.1, -0.05) is 44.2 Å². The highest BCUT2D eigenvalue weighted by Crippen LogP contribution is 2.28. The number of carbonyl (C=O) groups excluding carboxylic acids is 3. The van der Waals surface area contributed by atoms with Gasteiger partial charge in [0.05, 0.1) is 12.8 Å². The Balaban J connectivity index is 1.83. The molecular weight excluding hydrogens is 436 g/mol. The Labute approximate surface area is 193 Å². The summed E-state index contributed by atoms with van der Waals surface area (Å²) in [6.45, 7) is 2.41. The van der Waals surface area contributed by atoms with Crippen LogP contribution in [0.5, 0.6) is 5.75 Å². The number of rotatable bonds is 11. The van der Waals surface area contributed by atoms with Crippen molar-refractivity contribution in [2.75, 3.05) is 32.1 Å². The summed E-state index contributed by atoms with van der Waals surface area (Å²) in [6.07, 6.45) is 5.75. The topological polar surface area (TPSA) is 120 Å². The van der Waals surface area contributed by atoms with Crippen LogP contribution in [0.3, 0.4) is 0 Å². The maximum atomic E-state index is 12.8. The number of ether oxygens (including phenoxy) is 1. The van der Waals surface area contributed by atoms with E-state index in [4.69, 9.17) is 21.5 Å². The predicted molar refractivity (Wildman–Crippen MR) is 122 cm³/mol. The molecule has 0 aromatic heterocycles. The summed E-state index contributed by atoms with van der Waals surface area (Å²) in [5.74, 6) is 0.102. The Hall–Kier alpha value is -2.52. The van der Waals surface area contributed by atoms with Gasteiger partial charge in [-0.15, -0.1) is 0 Å². The first-order chi connectivity index (χ1) is 15.3. The molecule has 0 heterocycles. The van der Waals surface area contributed by atoms with E-state index in [1.807, 2.05) is 6.92 Å². The van der Waals surface area contributed by atoms with Crippen LogP contribution in [0.2, 0.25) is 5.02 Å². The van der Waals surface area contributed by atoms with Gasteiger partial charge in [0.15, 0.2) is 0 Å². The molecule has 1 saturated carbocycles. The summed E-state index contributed by atoms with van der Waals surface area (Å²) in [7, 11) is 1.50. The summed E-state index contributed by atoms with van der Waals surface area (Å²) < 4.78 is 5.20. The zero-order valence-corrected chi connectivity index (χ0v) is 19.4. The van der Waals surface area contributed by atoms with Gasteiger partial charge >= 0.3 is 6.03 Å². The lowest BCUT2D eigenvalue weighted by Crippen LogP contribution is -2.42. The number of nitrogens with zero attached hydrogens (tertiary/aromatic N) is 1. The number of hydrogen-bond acceptors (Lipinski definition) is 5. The zero-order valence-electron chi connectivity index (χ0n) is 18.7. The number of amides is 4. The highest BCUT2D eigenvalue weighted by Gasteiger charge is 2.22. The molecular formula is C22H33ClN4O5. The Morgan fingerprint density at radius 2 is 2.00 bits per heavy atom. The predicted octanol–water partition coefficient (Wildman–Crippen LogP) is 3.41. The van der Waals surface area contributed by atoms with Gasteiger partial charge in [-0.2, -0.15) is 0 Å². The lowest BCUT2D eigenvalue weighted by Gasteiger charge is -2.25. The standard InChI is InChI=1S/C22H33ClN4O5/c1-15(13-24-22(30)25-18-12-17(23)7-8-19(18)32-2)11-21(29)27(14-20(28)26-31)10-9-16-5-3-4-6-16/h7-8,12,15-16,31H,3-6,9-11,13-14H2,1-2H3,(H,26,28)(H2,24,25,30). The van der Waals surface area contributed by atoms with E-state index in [1.165, 1.54) is 24.9 Å². The summed E-state index contributed by atoms with van der Waals surface area (Å²) >= 11 is 5.97. The number of methoxy groups -OCH3 is 1. The molecule has 178 valence electrons. The molecule has 1 atom stereocenters. The first-order valence-corrected chi connectivity index (χ1v) is 11.3. The minimum Gasteiger partial charge on any atom is -0.495 e. The number of hydroxylamine groups is 1. The molecule has 0 spiro atoms. The fourth-order valence-corrected chi connectivity index (χ4v) is 4.02. The third-order valence-corrected chi connectivity index (χ3v) is 5.87. The quantitative estimate of drug-likeness (QED) is 0.293. The van der Waals surface area contributed by atoms with Crippen molar-refractivity contribution in [1.82, 2.24) is 15.7 Å². The fraction of sp³-hybridized carbons (Fsp3) is 0.591. The van der Waals surface area contributed by atoms with E-state index >= 15 is 0 Å². The normalized spacial score (nSPS) is 14.5. The molecule has 1 aromatic carbocycles. The average molecular weight is 469 g/mol. The average Bonchev–Trinajstić information content (AvgIpc) is 3.28. The van der Waals surface area contributed by atoms with E-state index in [0.29, 0.717) is 28.9 Å². The smallest absolute Gasteiger partial charge is 0.319 e. The largest absolute Gasteiger partial charge is 0.495 e. The van der Waals surface area contributed by atoms with Gasteiger partial charge in [0, 0.05) is 24.5 Å². The van der Waals surface area contributed by atoms with E-state index < -0.39 is 11.9 Å². The number of halogens is 1. The van der Waals surface area contributed by atoms with Gasteiger partial charge in [0.1, 0.15) is 12.3 Å². The Morgan fingerprint density at radius 1 is 1.28 bits per heavy atom. The number of nitrogens with one attached hydrogen (secondary N) is 3. The molecule has 1 aliphatic carbocycles. The van der Waals surface area contributed by atoms with Crippen LogP contribution in [-0.4, -0.2) is 54.7 Å². The van der Waals surface area contributed by atoms with Crippen LogP contribution in [0.1, 0.15) is 45.4 Å². The molecule has 0 saturated heterocycles. The van der Waals surface area contributed by atoms with E-state index in [-0.39, 0.29) is 31.3 Å². The number of anilines is 1. The van der Waals surface area contributed by atoms with Crippen molar-refractivity contribution >= 4 is 35.1 Å². The molecule has 0 bridgehead atoms. The van der Waals surface area contributed by atoms with Crippen LogP contribution < -0.4 is 20.9 Å². The van der Waals surface area contributed by atoms with Gasteiger partial charge in [-0.05, 0) is 36.5 Å². The van der Waals surface area contributed by atoms with Crippen LogP contribution in [0, 0.1) is 11.8 Å². The number of carbonyl (C=O) groups is 3. The molecule has 1 fully saturated rings. The van der Waals surface area contributed by atoms with Crippen molar-refractivity contribution in [2.24, 2.45) is 11.8 Å². The summed E-state index contributed by atoms with van der Waals surface area (Å²) in [5, 5.41) is 14.7. The van der Waals surface area contributed by atoms with E-state index in [9.17, 15) is 14.4 Å². The van der Waals surface area contributed by atoms with Crippen LogP contribution >= 0.6 is 11.6 Å². The first kappa shape index (κ1) is 25.7. The number of hydrogen-bond donors (Lipinski definition) is 4. The summed E-state index contributed by atoms with van der Waals surface area (Å²) in [4.78, 5) is 38.1. The molecule has 1 aliphatic rings. The monoisotopic (exact) mass is 468 g/mol. The van der Waals surface area contributed by atoms with E-state index in [1.54, 1.807) is 23.7 Å². The molecule has 1 aromatic rings. The molecule has 10 heteroatoms. The van der Waals surface area contributed by atoms with Gasteiger partial charge < -0.3 is 20.3 Å². The van der Waals surface area contributed by atoms with Crippen molar-refractivity contribution in [1.29, 1.82) is 0 Å². The van der Waals surface area contributed by atoms with Crippen LogP contribution in [0.4, 0.5) is 10.5 Å². The fourth-order valence-electron chi connectivity index (χ4n) is 3.85. The molecule has 9 nitrogen and oxygen atoms in total. The molecule has 4 N–H and O–H groups in total. The third kappa shape index (κ3) is 8.55. The van der Waals surface area contributed by atoms with E-state index in [2.05, 4.69) is 10.6 Å². The summed E-state index contributed by atoms with van der Waals surface area (Å²) in [5.41, 5.74) is 2.03. The maximum absolute atomic E-state index is 12.8. The van der Waals surface area contributed by atoms with Crippen molar-refractivity contribution in [3.63, 3.8) is 0 Å². The number of urea groups is 1. The second-order valence-corrected chi connectivity index (χ2v) is 8.71. The lowest BCUT2D eigenvalue weighted by molar-refractivity contribution is -0.140. The lowest BCUT2D eigenvalue weighted by atomic mass is 10.0. The van der Waals surface area contributed by atoms with Crippen LogP contribution in [0.15, 0.2) is 18.2 Å². The number of benzene rings is 1. The molecule has 1 unspecified atom stereocenters. The van der Waals surface area contributed by atoms with Gasteiger partial charge in [-0.3, -0.25) is 14.8 Å². The van der Waals surface area contributed by atoms with Gasteiger partial charge in [0.2, 0.25) is 5.91 Å².